The van der Waals surface area contributed by atoms with Crippen molar-refractivity contribution in [2.24, 2.45) is 0 Å². The Bertz CT molecular complexity index is 1100. The van der Waals surface area contributed by atoms with Gasteiger partial charge in [-0.05, 0) is 12.8 Å². The smallest absolute Gasteiger partial charge is 0.756 e. The average Bonchev–Trinajstić information content (AvgIpc) is 2.96. The first-order chi connectivity index (χ1) is 21.8. The Labute approximate surface area is 358 Å². The van der Waals surface area contributed by atoms with E-state index in [0.29, 0.717) is 12.8 Å². The average molecular weight is 813 g/mol. The van der Waals surface area contributed by atoms with E-state index in [9.17, 15) is 53.3 Å². The summed E-state index contributed by atoms with van der Waals surface area (Å²) in [6, 6.07) is 0. The fourth-order valence-corrected chi connectivity index (χ4v) is 6.62. The van der Waals surface area contributed by atoms with Crippen molar-refractivity contribution in [1.82, 2.24) is 0 Å². The molecule has 0 radical (unpaired) electrons. The SMILES string of the molecule is CCCCCCCC(=O)OC[C@H](COP(=O)([O-])O[C@@H]1[C@H](O)[C@H](O)[C@@H](OP(=O)([O-])O)[C@H](OP(=O)([O-])O)[C@H]1O)OC(=O)CCCCCCC.[Na+].[Na+].[Na+]. The first kappa shape index (κ1) is 56.5. The van der Waals surface area contributed by atoms with Crippen molar-refractivity contribution in [2.45, 2.75) is 134 Å². The molecule has 278 valence electrons. The van der Waals surface area contributed by atoms with E-state index < -0.39 is 91.3 Å². The number of ether oxygens (including phenoxy) is 2. The number of aliphatic hydroxyl groups excluding tert-OH is 3. The molecule has 3 unspecified atom stereocenters. The van der Waals surface area contributed by atoms with Gasteiger partial charge >= 0.3 is 101 Å². The predicted octanol–water partition coefficient (Wildman–Crippen LogP) is -9.17. The predicted molar refractivity (Wildman–Crippen MR) is 153 cm³/mol. The van der Waals surface area contributed by atoms with Crippen molar-refractivity contribution >= 4 is 35.4 Å². The molecule has 10 atom stereocenters. The van der Waals surface area contributed by atoms with Crippen molar-refractivity contribution in [3.05, 3.63) is 0 Å². The summed E-state index contributed by atoms with van der Waals surface area (Å²) in [5, 5.41) is 31.2. The van der Waals surface area contributed by atoms with Crippen LogP contribution in [0.5, 0.6) is 0 Å². The van der Waals surface area contributed by atoms with Crippen LogP contribution in [-0.4, -0.2) is 93.0 Å². The third kappa shape index (κ3) is 24.6. The molecule has 1 aliphatic carbocycles. The molecule has 0 aromatic heterocycles. The summed E-state index contributed by atoms with van der Waals surface area (Å²) in [4.78, 5) is 77.8. The Kier molecular flexibility index (Phi) is 32.2. The van der Waals surface area contributed by atoms with E-state index in [1.165, 1.54) is 0 Å². The Morgan fingerprint density at radius 3 is 1.50 bits per heavy atom. The van der Waals surface area contributed by atoms with Crippen molar-refractivity contribution in [2.75, 3.05) is 13.2 Å². The van der Waals surface area contributed by atoms with Crippen molar-refractivity contribution in [3.63, 3.8) is 0 Å². The van der Waals surface area contributed by atoms with Gasteiger partial charge in [-0.1, -0.05) is 65.2 Å². The standard InChI is InChI=1S/C25H49O19P3.3Na/c1-3-5-7-9-11-13-18(26)39-15-17(41-19(27)14-12-10-8-6-4-2)16-40-47(37,38)44-23-20(28)21(29)24(42-45(31,32)33)25(22(23)30)43-46(34,35)36;;;/h17,20-25,28-30H,3-16H2,1-2H3,(H,37,38)(H2,31,32,33)(H2,34,35,36);;;/q;3*+1/p-3/t17-,20-,21+,22+,23-,24-,25-;;;/m1.../s1. The summed E-state index contributed by atoms with van der Waals surface area (Å²) in [6.07, 6.45) is -8.69. The first-order valence-electron chi connectivity index (χ1n) is 15.3. The normalized spacial score (nSPS) is 26.0. The topological polar surface area (TPSA) is 311 Å². The minimum absolute atomic E-state index is 0. The van der Waals surface area contributed by atoms with Gasteiger partial charge in [-0.2, -0.15) is 0 Å². The molecule has 1 aliphatic rings. The summed E-state index contributed by atoms with van der Waals surface area (Å²) >= 11 is 0. The number of unbranched alkanes of at least 4 members (excludes halogenated alkanes) is 8. The molecule has 25 heteroatoms. The summed E-state index contributed by atoms with van der Waals surface area (Å²) in [7, 11) is -17.4. The summed E-state index contributed by atoms with van der Waals surface area (Å²) in [5.41, 5.74) is 0. The van der Waals surface area contributed by atoms with Crippen LogP contribution in [-0.2, 0) is 50.9 Å². The van der Waals surface area contributed by atoms with Crippen molar-refractivity contribution in [3.8, 4) is 0 Å². The number of phosphoric acid groups is 3. The Balaban J connectivity index is -0.00000736. The molecule has 19 nitrogen and oxygen atoms in total. The van der Waals surface area contributed by atoms with E-state index in [0.717, 1.165) is 51.4 Å². The van der Waals surface area contributed by atoms with Crippen molar-refractivity contribution < 1.29 is 179 Å². The van der Waals surface area contributed by atoms with Crippen molar-refractivity contribution in [1.29, 1.82) is 0 Å². The molecule has 0 bridgehead atoms. The summed E-state index contributed by atoms with van der Waals surface area (Å²) in [6.45, 7) is 2.45. The number of rotatable bonds is 24. The zero-order valence-electron chi connectivity index (χ0n) is 29.2. The first-order valence-corrected chi connectivity index (χ1v) is 19.7. The van der Waals surface area contributed by atoms with Crippen LogP contribution in [0.2, 0.25) is 0 Å². The molecular weight excluding hydrogens is 766 g/mol. The Hall–Kier alpha value is 2.15. The van der Waals surface area contributed by atoms with Gasteiger partial charge in [0.1, 0.15) is 43.2 Å². The van der Waals surface area contributed by atoms with Gasteiger partial charge in [-0.25, -0.2) is 0 Å². The molecule has 1 saturated carbocycles. The van der Waals surface area contributed by atoms with E-state index >= 15 is 0 Å². The quantitative estimate of drug-likeness (QED) is 0.0262. The van der Waals surface area contributed by atoms with Crippen LogP contribution < -0.4 is 103 Å². The van der Waals surface area contributed by atoms with Gasteiger partial charge in [0.05, 0.1) is 6.61 Å². The van der Waals surface area contributed by atoms with Crippen LogP contribution in [0, 0.1) is 0 Å². The fourth-order valence-electron chi connectivity index (χ4n) is 4.56. The van der Waals surface area contributed by atoms with Gasteiger partial charge in [0.15, 0.2) is 6.10 Å². The second kappa shape index (κ2) is 28.5. The molecule has 0 amide bonds. The molecule has 1 rings (SSSR count). The molecule has 1 fully saturated rings. The van der Waals surface area contributed by atoms with E-state index in [1.807, 2.05) is 13.8 Å². The van der Waals surface area contributed by atoms with Crippen LogP contribution in [0.3, 0.4) is 0 Å². The molecule has 0 aromatic carbocycles. The summed E-state index contributed by atoms with van der Waals surface area (Å²) < 4.78 is 63.1. The fraction of sp³-hybridized carbons (Fsp3) is 0.920. The maximum atomic E-state index is 12.7. The third-order valence-electron chi connectivity index (χ3n) is 6.90. The van der Waals surface area contributed by atoms with Gasteiger partial charge < -0.3 is 67.4 Å². The maximum absolute atomic E-state index is 12.7. The number of esters is 2. The monoisotopic (exact) mass is 812 g/mol. The number of carbonyl (C=O) groups is 2. The Morgan fingerprint density at radius 1 is 0.620 bits per heavy atom. The molecule has 5 N–H and O–H groups in total. The van der Waals surface area contributed by atoms with Gasteiger partial charge in [0, 0.05) is 12.8 Å². The third-order valence-corrected chi connectivity index (χ3v) is 8.88. The molecule has 0 saturated heterocycles. The second-order valence-corrected chi connectivity index (χ2v) is 14.6. The minimum Gasteiger partial charge on any atom is -0.756 e. The number of hydrogen-bond donors (Lipinski definition) is 5. The van der Waals surface area contributed by atoms with Gasteiger partial charge in [-0.15, -0.1) is 0 Å². The van der Waals surface area contributed by atoms with Crippen LogP contribution >= 0.6 is 23.5 Å². The zero-order chi connectivity index (χ0) is 35.8. The Morgan fingerprint density at radius 2 is 1.04 bits per heavy atom. The summed E-state index contributed by atoms with van der Waals surface area (Å²) in [5.74, 6) is -1.38. The van der Waals surface area contributed by atoms with Crippen LogP contribution in [0.25, 0.3) is 0 Å². The molecule has 0 heterocycles. The number of phosphoric ester groups is 3. The van der Waals surface area contributed by atoms with Gasteiger partial charge in [0.25, 0.3) is 23.5 Å². The van der Waals surface area contributed by atoms with Crippen LogP contribution in [0.4, 0.5) is 0 Å². The number of carbonyl (C=O) groups excluding carboxylic acids is 2. The van der Waals surface area contributed by atoms with Crippen LogP contribution in [0.1, 0.15) is 90.9 Å². The van der Waals surface area contributed by atoms with Crippen LogP contribution in [0.15, 0.2) is 0 Å². The number of aliphatic hydroxyl groups is 3. The zero-order valence-corrected chi connectivity index (χ0v) is 37.9. The second-order valence-electron chi connectivity index (χ2n) is 11.0. The molecule has 0 spiro atoms. The maximum Gasteiger partial charge on any atom is 1.00 e. The number of hydrogen-bond acceptors (Lipinski definition) is 17. The van der Waals surface area contributed by atoms with E-state index in [4.69, 9.17) is 23.8 Å². The van der Waals surface area contributed by atoms with E-state index in [1.54, 1.807) is 0 Å². The van der Waals surface area contributed by atoms with E-state index in [2.05, 4.69) is 13.6 Å². The molecular formula is C25H46Na3O19P3. The molecule has 50 heavy (non-hydrogen) atoms. The van der Waals surface area contributed by atoms with Gasteiger partial charge in [0.2, 0.25) is 0 Å². The van der Waals surface area contributed by atoms with E-state index in [-0.39, 0.29) is 102 Å². The minimum atomic E-state index is -5.86. The largest absolute Gasteiger partial charge is 1.00 e. The molecule has 0 aliphatic heterocycles. The molecule has 0 aromatic rings. The van der Waals surface area contributed by atoms with Gasteiger partial charge in [-0.3, -0.25) is 23.3 Å².